The molecule has 2 aliphatic rings. The van der Waals surface area contributed by atoms with Gasteiger partial charge in [-0.1, -0.05) is 31.0 Å². The largest absolute Gasteiger partial charge is 0.475 e. The van der Waals surface area contributed by atoms with Crippen LogP contribution in [-0.2, 0) is 16.0 Å². The molecule has 2 amide bonds. The summed E-state index contributed by atoms with van der Waals surface area (Å²) in [5, 5.41) is 32.9. The van der Waals surface area contributed by atoms with E-state index in [9.17, 15) is 33.7 Å². The van der Waals surface area contributed by atoms with Crippen molar-refractivity contribution in [3.8, 4) is 6.07 Å². The Kier molecular flexibility index (Phi) is 9.91. The van der Waals surface area contributed by atoms with Crippen LogP contribution in [0, 0.1) is 11.3 Å². The standard InChI is InChI=1S/C29H37BF2N4O6/c1-28(2,35-13-11-29(31,32)19-35)15-21(16-33)26(37)36-12-7-3-4-8-22(36)18-42-27(38)34-25(30(39)40)14-20-17-41-24-10-6-5-9-23(20)24/h5-6,9-10,15,17,22,25,39-40H,3-4,7-8,11-14,18-19H2,1-2H3,(H,34,38)/b21-15+/t22-,25-/m0/s1. The second-order valence-corrected chi connectivity index (χ2v) is 11.6. The van der Waals surface area contributed by atoms with Gasteiger partial charge in [0, 0.05) is 30.4 Å². The molecule has 1 aromatic heterocycles. The molecule has 42 heavy (non-hydrogen) atoms. The van der Waals surface area contributed by atoms with Gasteiger partial charge in [-0.05, 0) is 50.8 Å². The Labute approximate surface area is 244 Å². The number of hydrogen-bond donors (Lipinski definition) is 3. The number of halogens is 2. The van der Waals surface area contributed by atoms with Crippen molar-refractivity contribution < 1.29 is 37.6 Å². The Morgan fingerprint density at radius 1 is 1.29 bits per heavy atom. The minimum atomic E-state index is -2.81. The van der Waals surface area contributed by atoms with Gasteiger partial charge in [-0.25, -0.2) is 13.6 Å². The van der Waals surface area contributed by atoms with Crippen molar-refractivity contribution in [2.45, 2.75) is 75.8 Å². The van der Waals surface area contributed by atoms with E-state index in [1.165, 1.54) is 17.2 Å². The summed E-state index contributed by atoms with van der Waals surface area (Å²) in [6.07, 6.45) is 4.73. The Morgan fingerprint density at radius 2 is 2.05 bits per heavy atom. The van der Waals surface area contributed by atoms with Crippen molar-refractivity contribution in [1.29, 1.82) is 5.26 Å². The molecule has 3 heterocycles. The van der Waals surface area contributed by atoms with Gasteiger partial charge in [0.2, 0.25) is 0 Å². The summed E-state index contributed by atoms with van der Waals surface area (Å²) < 4.78 is 38.6. The van der Waals surface area contributed by atoms with Crippen LogP contribution in [0.5, 0.6) is 0 Å². The molecule has 0 spiro atoms. The fourth-order valence-electron chi connectivity index (χ4n) is 5.61. The summed E-state index contributed by atoms with van der Waals surface area (Å²) in [6.45, 7) is 3.29. The first-order valence-electron chi connectivity index (χ1n) is 14.2. The number of nitriles is 1. The molecule has 13 heteroatoms. The lowest BCUT2D eigenvalue weighted by atomic mass is 9.76. The average molecular weight is 586 g/mol. The molecule has 0 aliphatic carbocycles. The summed E-state index contributed by atoms with van der Waals surface area (Å²) in [4.78, 5) is 29.3. The first-order chi connectivity index (χ1) is 19.9. The van der Waals surface area contributed by atoms with Gasteiger partial charge in [-0.3, -0.25) is 9.69 Å². The topological polar surface area (TPSA) is 139 Å². The van der Waals surface area contributed by atoms with Gasteiger partial charge in [0.25, 0.3) is 11.8 Å². The molecule has 3 N–H and O–H groups in total. The molecule has 2 aliphatic heterocycles. The molecular weight excluding hydrogens is 549 g/mol. The van der Waals surface area contributed by atoms with Crippen LogP contribution >= 0.6 is 0 Å². The summed E-state index contributed by atoms with van der Waals surface area (Å²) in [7, 11) is -1.87. The minimum Gasteiger partial charge on any atom is -0.464 e. The molecule has 1 aromatic carbocycles. The van der Waals surface area contributed by atoms with E-state index in [1.54, 1.807) is 24.8 Å². The van der Waals surface area contributed by atoms with Crippen LogP contribution in [0.15, 0.2) is 46.6 Å². The number of rotatable bonds is 9. The molecule has 226 valence electrons. The van der Waals surface area contributed by atoms with Crippen LogP contribution in [0.4, 0.5) is 13.6 Å². The summed E-state index contributed by atoms with van der Waals surface area (Å²) >= 11 is 0. The number of carbonyl (C=O) groups excluding carboxylic acids is 2. The van der Waals surface area contributed by atoms with Crippen molar-refractivity contribution >= 4 is 30.1 Å². The first-order valence-corrected chi connectivity index (χ1v) is 14.2. The maximum Gasteiger partial charge on any atom is 0.475 e. The highest BCUT2D eigenvalue weighted by Gasteiger charge is 2.43. The van der Waals surface area contributed by atoms with Crippen molar-refractivity contribution in [3.05, 3.63) is 47.7 Å². The average Bonchev–Trinajstić information content (AvgIpc) is 3.44. The number of carbonyl (C=O) groups is 2. The van der Waals surface area contributed by atoms with Crippen molar-refractivity contribution in [2.24, 2.45) is 0 Å². The summed E-state index contributed by atoms with van der Waals surface area (Å²) in [6, 6.07) is 8.69. The van der Waals surface area contributed by atoms with E-state index in [0.29, 0.717) is 30.5 Å². The number of nitrogens with zero attached hydrogens (tertiary/aromatic N) is 3. The molecule has 10 nitrogen and oxygen atoms in total. The highest BCUT2D eigenvalue weighted by molar-refractivity contribution is 6.43. The molecular formula is C29H37BF2N4O6. The quantitative estimate of drug-likeness (QED) is 0.231. The number of alkyl halides is 2. The number of alkyl carbamates (subject to hydrolysis) is 1. The number of fused-ring (bicyclic) bond motifs is 1. The molecule has 2 aromatic rings. The Bertz CT molecular complexity index is 1340. The molecule has 2 saturated heterocycles. The van der Waals surface area contributed by atoms with Crippen LogP contribution in [0.2, 0.25) is 0 Å². The highest BCUT2D eigenvalue weighted by atomic mass is 19.3. The number of para-hydroxylation sites is 1. The van der Waals surface area contributed by atoms with E-state index in [-0.39, 0.29) is 31.6 Å². The predicted octanol–water partition coefficient (Wildman–Crippen LogP) is 3.42. The van der Waals surface area contributed by atoms with Crippen molar-refractivity contribution in [3.63, 3.8) is 0 Å². The van der Waals surface area contributed by atoms with Crippen LogP contribution in [-0.4, -0.2) is 88.7 Å². The number of nitrogens with one attached hydrogen (secondary N) is 1. The van der Waals surface area contributed by atoms with E-state index in [1.807, 2.05) is 24.3 Å². The van der Waals surface area contributed by atoms with Gasteiger partial charge in [-0.15, -0.1) is 0 Å². The van der Waals surface area contributed by atoms with Crippen LogP contribution in [0.1, 0.15) is 51.5 Å². The lowest BCUT2D eigenvalue weighted by Crippen LogP contribution is -2.49. The zero-order valence-corrected chi connectivity index (χ0v) is 23.9. The number of furan rings is 1. The third kappa shape index (κ3) is 7.67. The summed E-state index contributed by atoms with van der Waals surface area (Å²) in [5.41, 5.74) is 0.217. The Balaban J connectivity index is 1.41. The smallest absolute Gasteiger partial charge is 0.464 e. The lowest BCUT2D eigenvalue weighted by Gasteiger charge is -2.34. The SMILES string of the molecule is CC(C)(/C=C(\C#N)C(=O)N1CCCCC[C@H]1COC(=O)N[C@@H](Cc1coc2ccccc12)B(O)O)N1CCC(F)(F)C1. The lowest BCUT2D eigenvalue weighted by molar-refractivity contribution is -0.129. The monoisotopic (exact) mass is 586 g/mol. The van der Waals surface area contributed by atoms with Crippen LogP contribution < -0.4 is 5.32 Å². The third-order valence-corrected chi connectivity index (χ3v) is 8.04. The van der Waals surface area contributed by atoms with E-state index in [4.69, 9.17) is 9.15 Å². The van der Waals surface area contributed by atoms with Crippen molar-refractivity contribution in [2.75, 3.05) is 26.2 Å². The van der Waals surface area contributed by atoms with E-state index >= 15 is 0 Å². The Hall–Kier alpha value is -3.47. The second kappa shape index (κ2) is 13.2. The zero-order valence-electron chi connectivity index (χ0n) is 23.9. The van der Waals surface area contributed by atoms with Crippen LogP contribution in [0.3, 0.4) is 0 Å². The fraction of sp³-hybridized carbons (Fsp3) is 0.552. The van der Waals surface area contributed by atoms with Gasteiger partial charge in [0.1, 0.15) is 23.8 Å². The first kappa shape index (κ1) is 31.5. The van der Waals surface area contributed by atoms with E-state index < -0.39 is 49.1 Å². The predicted molar refractivity (Wildman–Crippen MR) is 151 cm³/mol. The number of amides is 2. The minimum absolute atomic E-state index is 0.0763. The number of benzene rings is 1. The van der Waals surface area contributed by atoms with E-state index in [0.717, 1.165) is 18.2 Å². The zero-order chi connectivity index (χ0) is 30.5. The van der Waals surface area contributed by atoms with Gasteiger partial charge in [-0.2, -0.15) is 5.26 Å². The van der Waals surface area contributed by atoms with Crippen LogP contribution in [0.25, 0.3) is 11.0 Å². The number of ether oxygens (including phenoxy) is 1. The number of hydrogen-bond acceptors (Lipinski definition) is 8. The normalized spacial score (nSPS) is 20.5. The molecule has 2 fully saturated rings. The number of likely N-dealkylation sites (tertiary alicyclic amines) is 2. The fourth-order valence-corrected chi connectivity index (χ4v) is 5.61. The second-order valence-electron chi connectivity index (χ2n) is 11.6. The van der Waals surface area contributed by atoms with Gasteiger partial charge < -0.3 is 29.4 Å². The molecule has 0 bridgehead atoms. The van der Waals surface area contributed by atoms with Gasteiger partial charge in [0.05, 0.1) is 24.8 Å². The molecule has 4 rings (SSSR count). The summed E-state index contributed by atoms with van der Waals surface area (Å²) in [5.74, 6) is -4.44. The molecule has 0 unspecified atom stereocenters. The Morgan fingerprint density at radius 3 is 2.74 bits per heavy atom. The molecule has 0 saturated carbocycles. The van der Waals surface area contributed by atoms with E-state index in [2.05, 4.69) is 5.32 Å². The maximum atomic E-state index is 13.8. The van der Waals surface area contributed by atoms with Crippen molar-refractivity contribution in [1.82, 2.24) is 15.1 Å². The molecule has 0 radical (unpaired) electrons. The maximum absolute atomic E-state index is 13.8. The van der Waals surface area contributed by atoms with Gasteiger partial charge >= 0.3 is 13.2 Å². The third-order valence-electron chi connectivity index (χ3n) is 8.04. The van der Waals surface area contributed by atoms with Gasteiger partial charge in [0.15, 0.2) is 0 Å². The highest BCUT2D eigenvalue weighted by Crippen LogP contribution is 2.33. The molecule has 2 atom stereocenters.